The zero-order valence-electron chi connectivity index (χ0n) is 15.0. The van der Waals surface area contributed by atoms with Crippen molar-refractivity contribution in [2.75, 3.05) is 11.9 Å². The highest BCUT2D eigenvalue weighted by molar-refractivity contribution is 6.01. The first-order valence-corrected chi connectivity index (χ1v) is 8.52. The Bertz CT molecular complexity index is 1040. The van der Waals surface area contributed by atoms with Gasteiger partial charge in [0.15, 0.2) is 0 Å². The predicted octanol–water partition coefficient (Wildman–Crippen LogP) is 3.34. The van der Waals surface area contributed by atoms with E-state index in [-0.39, 0.29) is 12.4 Å². The molecule has 3 rings (SSSR count). The Labute approximate surface area is 159 Å². The van der Waals surface area contributed by atoms with Gasteiger partial charge in [-0.15, -0.1) is 0 Å². The maximum atomic E-state index is 14.3. The fourth-order valence-electron chi connectivity index (χ4n) is 2.84. The molecule has 4 N–H and O–H groups in total. The summed E-state index contributed by atoms with van der Waals surface area (Å²) in [6.07, 6.45) is 2.98. The largest absolute Gasteiger partial charge is 0.465 e. The molecule has 0 radical (unpaired) electrons. The van der Waals surface area contributed by atoms with Crippen molar-refractivity contribution in [2.45, 2.75) is 13.5 Å². The Kier molecular flexibility index (Phi) is 5.64. The molecule has 144 valence electrons. The minimum Gasteiger partial charge on any atom is -0.465 e. The van der Waals surface area contributed by atoms with Crippen molar-refractivity contribution in [3.05, 3.63) is 54.2 Å². The van der Waals surface area contributed by atoms with E-state index in [0.29, 0.717) is 34.0 Å². The smallest absolute Gasteiger partial charge is 0.404 e. The van der Waals surface area contributed by atoms with Crippen LogP contribution in [0.4, 0.5) is 19.8 Å². The SMILES string of the molecule is CCNC(=O)Nc1cc2c(-c3ccncc3F)ccc(CNC(=O)O)c2cn1. The van der Waals surface area contributed by atoms with Gasteiger partial charge in [0.2, 0.25) is 0 Å². The summed E-state index contributed by atoms with van der Waals surface area (Å²) < 4.78 is 14.3. The number of carbonyl (C=O) groups is 2. The maximum absolute atomic E-state index is 14.3. The van der Waals surface area contributed by atoms with E-state index in [9.17, 15) is 14.0 Å². The third-order valence-corrected chi connectivity index (χ3v) is 4.06. The van der Waals surface area contributed by atoms with Gasteiger partial charge in [-0.2, -0.15) is 0 Å². The van der Waals surface area contributed by atoms with Gasteiger partial charge in [0.1, 0.15) is 11.6 Å². The predicted molar refractivity (Wildman–Crippen MR) is 102 cm³/mol. The molecule has 0 aliphatic carbocycles. The Balaban J connectivity index is 2.13. The average Bonchev–Trinajstić information content (AvgIpc) is 2.66. The molecule has 0 fully saturated rings. The molecule has 1 aromatic carbocycles. The number of urea groups is 1. The number of rotatable bonds is 5. The van der Waals surface area contributed by atoms with Gasteiger partial charge >= 0.3 is 12.1 Å². The lowest BCUT2D eigenvalue weighted by Crippen LogP contribution is -2.28. The number of hydrogen-bond donors (Lipinski definition) is 4. The molecule has 9 heteroatoms. The van der Waals surface area contributed by atoms with Crippen LogP contribution in [0.5, 0.6) is 0 Å². The second kappa shape index (κ2) is 8.30. The minimum atomic E-state index is -1.15. The Morgan fingerprint density at radius 2 is 1.93 bits per heavy atom. The molecule has 3 aromatic rings. The molecule has 0 aliphatic heterocycles. The summed E-state index contributed by atoms with van der Waals surface area (Å²) in [5.74, 6) is -0.201. The summed E-state index contributed by atoms with van der Waals surface area (Å²) in [6.45, 7) is 2.31. The molecular formula is C19H18FN5O3. The molecular weight excluding hydrogens is 365 g/mol. The van der Waals surface area contributed by atoms with Gasteiger partial charge in [-0.1, -0.05) is 12.1 Å². The average molecular weight is 383 g/mol. The van der Waals surface area contributed by atoms with Crippen molar-refractivity contribution < 1.29 is 19.1 Å². The van der Waals surface area contributed by atoms with Crippen molar-refractivity contribution in [1.82, 2.24) is 20.6 Å². The summed E-state index contributed by atoms with van der Waals surface area (Å²) in [5.41, 5.74) is 1.59. The van der Waals surface area contributed by atoms with Crippen molar-refractivity contribution in [1.29, 1.82) is 0 Å². The lowest BCUT2D eigenvalue weighted by Gasteiger charge is -2.13. The molecule has 0 aliphatic rings. The van der Waals surface area contributed by atoms with Crippen LogP contribution in [-0.4, -0.2) is 33.7 Å². The van der Waals surface area contributed by atoms with E-state index in [1.807, 2.05) is 0 Å². The van der Waals surface area contributed by atoms with Crippen LogP contribution in [0.2, 0.25) is 0 Å². The van der Waals surface area contributed by atoms with E-state index in [1.54, 1.807) is 31.2 Å². The lowest BCUT2D eigenvalue weighted by atomic mass is 9.96. The van der Waals surface area contributed by atoms with Crippen LogP contribution in [0, 0.1) is 5.82 Å². The number of carboxylic acid groups (broad SMARTS) is 1. The quantitative estimate of drug-likeness (QED) is 0.539. The molecule has 0 bridgehead atoms. The molecule has 3 amide bonds. The first-order chi connectivity index (χ1) is 13.5. The van der Waals surface area contributed by atoms with Gasteiger partial charge in [0.05, 0.1) is 6.20 Å². The third-order valence-electron chi connectivity index (χ3n) is 4.06. The Morgan fingerprint density at radius 1 is 1.11 bits per heavy atom. The zero-order valence-corrected chi connectivity index (χ0v) is 15.0. The Hall–Kier alpha value is -3.75. The molecule has 0 saturated heterocycles. The number of aromatic nitrogens is 2. The van der Waals surface area contributed by atoms with Crippen molar-refractivity contribution in [2.24, 2.45) is 0 Å². The summed E-state index contributed by atoms with van der Waals surface area (Å²) in [6, 6.07) is 6.19. The molecule has 0 spiro atoms. The van der Waals surface area contributed by atoms with E-state index in [2.05, 4.69) is 25.9 Å². The minimum absolute atomic E-state index is 0.0652. The fraction of sp³-hybridized carbons (Fsp3) is 0.158. The number of anilines is 1. The van der Waals surface area contributed by atoms with Crippen molar-refractivity contribution in [3.63, 3.8) is 0 Å². The second-order valence-electron chi connectivity index (χ2n) is 5.89. The number of hydrogen-bond acceptors (Lipinski definition) is 4. The van der Waals surface area contributed by atoms with Gasteiger partial charge in [-0.25, -0.2) is 19.0 Å². The van der Waals surface area contributed by atoms with Crippen LogP contribution >= 0.6 is 0 Å². The molecule has 28 heavy (non-hydrogen) atoms. The first-order valence-electron chi connectivity index (χ1n) is 8.52. The third kappa shape index (κ3) is 4.14. The Morgan fingerprint density at radius 3 is 2.64 bits per heavy atom. The van der Waals surface area contributed by atoms with Crippen LogP contribution in [-0.2, 0) is 6.54 Å². The van der Waals surface area contributed by atoms with Gasteiger partial charge in [-0.05, 0) is 35.6 Å². The van der Waals surface area contributed by atoms with Crippen LogP contribution in [0.3, 0.4) is 0 Å². The first kappa shape index (κ1) is 19.0. The van der Waals surface area contributed by atoms with Crippen LogP contribution in [0.1, 0.15) is 12.5 Å². The number of carbonyl (C=O) groups excluding carboxylic acids is 1. The van der Waals surface area contributed by atoms with E-state index in [4.69, 9.17) is 5.11 Å². The summed E-state index contributed by atoms with van der Waals surface area (Å²) in [7, 11) is 0. The highest BCUT2D eigenvalue weighted by atomic mass is 19.1. The van der Waals surface area contributed by atoms with Crippen molar-refractivity contribution >= 4 is 28.7 Å². The molecule has 0 unspecified atom stereocenters. The van der Waals surface area contributed by atoms with Crippen LogP contribution < -0.4 is 16.0 Å². The second-order valence-corrected chi connectivity index (χ2v) is 5.89. The number of fused-ring (bicyclic) bond motifs is 1. The summed E-state index contributed by atoms with van der Waals surface area (Å²) in [4.78, 5) is 30.6. The number of benzene rings is 1. The van der Waals surface area contributed by atoms with Crippen LogP contribution in [0.25, 0.3) is 21.9 Å². The molecule has 0 saturated carbocycles. The van der Waals surface area contributed by atoms with E-state index >= 15 is 0 Å². The molecule has 2 heterocycles. The highest BCUT2D eigenvalue weighted by Crippen LogP contribution is 2.33. The zero-order chi connectivity index (χ0) is 20.1. The number of halogens is 1. The summed E-state index contributed by atoms with van der Waals surface area (Å²) in [5, 5.41) is 17.7. The topological polar surface area (TPSA) is 116 Å². The standard InChI is InChI=1S/C19H18FN5O3/c1-2-22-18(26)25-17-7-14-12(13-5-6-21-10-16(13)20)4-3-11(8-24-19(27)28)15(14)9-23-17/h3-7,9-10,24H,2,8H2,1H3,(H,27,28)(H2,22,23,25,26). The lowest BCUT2D eigenvalue weighted by molar-refractivity contribution is 0.194. The van der Waals surface area contributed by atoms with Gasteiger partial charge in [0.25, 0.3) is 0 Å². The van der Waals surface area contributed by atoms with E-state index in [0.717, 1.165) is 6.20 Å². The number of amides is 3. The maximum Gasteiger partial charge on any atom is 0.404 e. The van der Waals surface area contributed by atoms with Gasteiger partial charge in [-0.3, -0.25) is 10.3 Å². The monoisotopic (exact) mass is 383 g/mol. The van der Waals surface area contributed by atoms with Gasteiger partial charge < -0.3 is 15.7 Å². The normalized spacial score (nSPS) is 10.5. The number of nitrogens with zero attached hydrogens (tertiary/aromatic N) is 2. The number of pyridine rings is 2. The van der Waals surface area contributed by atoms with E-state index in [1.165, 1.54) is 12.4 Å². The number of nitrogens with one attached hydrogen (secondary N) is 3. The molecule has 0 atom stereocenters. The van der Waals surface area contributed by atoms with Gasteiger partial charge in [0, 0.05) is 36.4 Å². The molecule has 2 aromatic heterocycles. The fourth-order valence-corrected chi connectivity index (χ4v) is 2.84. The van der Waals surface area contributed by atoms with Crippen molar-refractivity contribution in [3.8, 4) is 11.1 Å². The van der Waals surface area contributed by atoms with E-state index < -0.39 is 17.9 Å². The molecule has 8 nitrogen and oxygen atoms in total. The highest BCUT2D eigenvalue weighted by Gasteiger charge is 2.14. The summed E-state index contributed by atoms with van der Waals surface area (Å²) >= 11 is 0. The van der Waals surface area contributed by atoms with Crippen LogP contribution in [0.15, 0.2) is 42.9 Å².